The molecule has 2 N–H and O–H groups in total. The molecule has 6 nitrogen and oxygen atoms in total. The van der Waals surface area contributed by atoms with Crippen molar-refractivity contribution in [3.8, 4) is 5.75 Å². The number of hydrogen-bond donors (Lipinski definition) is 2. The second-order valence-electron chi connectivity index (χ2n) is 6.83. The van der Waals surface area contributed by atoms with Gasteiger partial charge in [0.15, 0.2) is 6.04 Å². The first kappa shape index (κ1) is 17.7. The second kappa shape index (κ2) is 8.34. The smallest absolute Gasteiger partial charge is 0.365 e. The van der Waals surface area contributed by atoms with Gasteiger partial charge in [-0.2, -0.15) is 0 Å². The van der Waals surface area contributed by atoms with Crippen molar-refractivity contribution in [3.63, 3.8) is 0 Å². The Morgan fingerprint density at radius 1 is 1.32 bits per heavy atom. The van der Waals surface area contributed by atoms with E-state index in [1.807, 2.05) is 24.3 Å². The summed E-state index contributed by atoms with van der Waals surface area (Å²) in [5.41, 5.74) is 0.711. The second-order valence-corrected chi connectivity index (χ2v) is 6.83. The lowest BCUT2D eigenvalue weighted by Crippen LogP contribution is -3.22. The molecule has 0 aliphatic carbocycles. The lowest BCUT2D eigenvalue weighted by atomic mass is 9.97. The summed E-state index contributed by atoms with van der Waals surface area (Å²) in [5.74, 6) is 0.394. The highest BCUT2D eigenvalue weighted by Gasteiger charge is 2.43. The van der Waals surface area contributed by atoms with Crippen LogP contribution in [0, 0.1) is 0 Å². The topological polar surface area (TPSA) is 69.1 Å². The summed E-state index contributed by atoms with van der Waals surface area (Å²) >= 11 is 0. The molecular formula is C19H27N2O4+. The zero-order valence-corrected chi connectivity index (χ0v) is 14.8. The molecule has 3 atom stereocenters. The molecule has 3 rings (SSSR count). The van der Waals surface area contributed by atoms with Crippen molar-refractivity contribution in [2.24, 2.45) is 0 Å². The number of carbonyl (C=O) groups excluding carboxylic acids is 2. The molecule has 1 aromatic rings. The Hall–Kier alpha value is -2.08. The summed E-state index contributed by atoms with van der Waals surface area (Å²) in [4.78, 5) is 25.8. The molecule has 1 amide bonds. The van der Waals surface area contributed by atoms with E-state index in [0.29, 0.717) is 24.9 Å². The number of carbonyl (C=O) groups is 2. The van der Waals surface area contributed by atoms with Crippen LogP contribution < -0.4 is 15.0 Å². The summed E-state index contributed by atoms with van der Waals surface area (Å²) in [5, 5.41) is 2.87. The van der Waals surface area contributed by atoms with Crippen LogP contribution in [0.15, 0.2) is 24.3 Å². The van der Waals surface area contributed by atoms with E-state index in [1.165, 1.54) is 11.3 Å². The summed E-state index contributed by atoms with van der Waals surface area (Å²) < 4.78 is 10.8. The van der Waals surface area contributed by atoms with Crippen LogP contribution in [0.5, 0.6) is 5.75 Å². The van der Waals surface area contributed by atoms with Crippen LogP contribution >= 0.6 is 0 Å². The van der Waals surface area contributed by atoms with Crippen molar-refractivity contribution in [2.75, 3.05) is 25.1 Å². The first-order chi connectivity index (χ1) is 12.2. The molecule has 0 aromatic heterocycles. The van der Waals surface area contributed by atoms with Gasteiger partial charge >= 0.3 is 5.97 Å². The number of nitrogens with one attached hydrogen (secondary N) is 2. The third-order valence-corrected chi connectivity index (χ3v) is 4.95. The Kier molecular flexibility index (Phi) is 5.91. The first-order valence-corrected chi connectivity index (χ1v) is 9.22. The third-order valence-electron chi connectivity index (χ3n) is 4.95. The molecule has 136 valence electrons. The van der Waals surface area contributed by atoms with E-state index in [-0.39, 0.29) is 24.3 Å². The van der Waals surface area contributed by atoms with E-state index < -0.39 is 0 Å². The van der Waals surface area contributed by atoms with Crippen LogP contribution in [-0.2, 0) is 14.3 Å². The number of hydrogen-bond acceptors (Lipinski definition) is 4. The Labute approximate surface area is 148 Å². The summed E-state index contributed by atoms with van der Waals surface area (Å²) in [7, 11) is 0. The number of fused-ring (bicyclic) bond motifs is 1. The lowest BCUT2D eigenvalue weighted by Gasteiger charge is -2.40. The normalized spacial score (nSPS) is 25.6. The van der Waals surface area contributed by atoms with Gasteiger partial charge in [-0.25, -0.2) is 4.79 Å². The number of rotatable bonds is 6. The Morgan fingerprint density at radius 3 is 2.88 bits per heavy atom. The average Bonchev–Trinajstić information content (AvgIpc) is 2.63. The molecule has 25 heavy (non-hydrogen) atoms. The molecule has 0 radical (unpaired) electrons. The molecule has 2 fully saturated rings. The predicted molar refractivity (Wildman–Crippen MR) is 93.7 cm³/mol. The number of ether oxygens (including phenoxy) is 2. The molecule has 0 spiro atoms. The zero-order chi connectivity index (χ0) is 17.6. The monoisotopic (exact) mass is 347 g/mol. The van der Waals surface area contributed by atoms with Crippen molar-refractivity contribution >= 4 is 17.6 Å². The largest absolute Gasteiger partial charge is 0.494 e. The van der Waals surface area contributed by atoms with Gasteiger partial charge in [-0.3, -0.25) is 4.79 Å². The van der Waals surface area contributed by atoms with E-state index in [4.69, 9.17) is 9.47 Å². The first-order valence-electron chi connectivity index (χ1n) is 9.22. The minimum Gasteiger partial charge on any atom is -0.494 e. The predicted octanol–water partition coefficient (Wildman–Crippen LogP) is 1.17. The lowest BCUT2D eigenvalue weighted by molar-refractivity contribution is -0.951. The number of quaternary nitrogens is 1. The molecule has 2 aliphatic rings. The standard InChI is InChI=1S/C19H26N2O4/c1-2-11-24-16-8-6-14(7-9-16)20-18(22)12-17-19(23)25-13-15-5-3-4-10-21(15)17/h6-9,15,17H,2-5,10-13H2,1H3,(H,20,22)/p+1/t15-,17+/m1/s1. The van der Waals surface area contributed by atoms with Crippen molar-refractivity contribution in [3.05, 3.63) is 24.3 Å². The van der Waals surface area contributed by atoms with Crippen LogP contribution in [0.4, 0.5) is 5.69 Å². The quantitative estimate of drug-likeness (QED) is 0.758. The third kappa shape index (κ3) is 4.51. The number of esters is 1. The molecular weight excluding hydrogens is 320 g/mol. The summed E-state index contributed by atoms with van der Waals surface area (Å²) in [6, 6.07) is 7.28. The maximum Gasteiger partial charge on any atom is 0.365 e. The molecule has 6 heteroatoms. The van der Waals surface area contributed by atoms with Gasteiger partial charge < -0.3 is 19.7 Å². The summed E-state index contributed by atoms with van der Waals surface area (Å²) in [6.45, 7) is 4.17. The van der Waals surface area contributed by atoms with E-state index in [9.17, 15) is 9.59 Å². The van der Waals surface area contributed by atoms with E-state index in [2.05, 4.69) is 12.2 Å². The Morgan fingerprint density at radius 2 is 2.12 bits per heavy atom. The fourth-order valence-electron chi connectivity index (χ4n) is 3.66. The van der Waals surface area contributed by atoms with Crippen molar-refractivity contribution in [2.45, 2.75) is 51.1 Å². The van der Waals surface area contributed by atoms with Crippen LogP contribution in [0.3, 0.4) is 0 Å². The minimum atomic E-state index is -0.383. The van der Waals surface area contributed by atoms with Gasteiger partial charge in [0.05, 0.1) is 19.6 Å². The number of morpholine rings is 1. The van der Waals surface area contributed by atoms with Crippen LogP contribution in [0.2, 0.25) is 0 Å². The maximum atomic E-state index is 12.4. The Bertz CT molecular complexity index is 602. The van der Waals surface area contributed by atoms with Crippen molar-refractivity contribution in [1.29, 1.82) is 0 Å². The van der Waals surface area contributed by atoms with Crippen molar-refractivity contribution < 1.29 is 24.0 Å². The molecule has 2 saturated heterocycles. The van der Waals surface area contributed by atoms with Crippen molar-refractivity contribution in [1.82, 2.24) is 0 Å². The molecule has 0 bridgehead atoms. The number of cyclic esters (lactones) is 1. The number of amides is 1. The molecule has 2 aliphatic heterocycles. The van der Waals surface area contributed by atoms with Crippen LogP contribution in [0.1, 0.15) is 39.0 Å². The minimum absolute atomic E-state index is 0.150. The fourth-order valence-corrected chi connectivity index (χ4v) is 3.66. The van der Waals surface area contributed by atoms with Gasteiger partial charge in [0.1, 0.15) is 18.4 Å². The fraction of sp³-hybridized carbons (Fsp3) is 0.579. The molecule has 2 heterocycles. The highest BCUT2D eigenvalue weighted by atomic mass is 16.5. The number of piperidine rings is 1. The van der Waals surface area contributed by atoms with Gasteiger partial charge in [-0.1, -0.05) is 6.92 Å². The highest BCUT2D eigenvalue weighted by molar-refractivity contribution is 5.94. The zero-order valence-electron chi connectivity index (χ0n) is 14.8. The van der Waals surface area contributed by atoms with Crippen LogP contribution in [0.25, 0.3) is 0 Å². The number of anilines is 1. The number of benzene rings is 1. The Balaban J connectivity index is 1.56. The maximum absolute atomic E-state index is 12.4. The van der Waals surface area contributed by atoms with Gasteiger partial charge in [-0.15, -0.1) is 0 Å². The molecule has 1 aromatic carbocycles. The van der Waals surface area contributed by atoms with Gasteiger partial charge in [0, 0.05) is 12.1 Å². The van der Waals surface area contributed by atoms with E-state index >= 15 is 0 Å². The van der Waals surface area contributed by atoms with E-state index in [0.717, 1.165) is 31.6 Å². The molecule has 1 unspecified atom stereocenters. The van der Waals surface area contributed by atoms with Gasteiger partial charge in [0.2, 0.25) is 5.91 Å². The summed E-state index contributed by atoms with van der Waals surface area (Å²) in [6.07, 6.45) is 4.47. The SMILES string of the molecule is CCCOc1ccc(NC(=O)C[C@H]2C(=O)OC[C@H]3CCCC[NH+]32)cc1. The van der Waals surface area contributed by atoms with Gasteiger partial charge in [-0.05, 0) is 43.5 Å². The average molecular weight is 347 g/mol. The van der Waals surface area contributed by atoms with E-state index in [1.54, 1.807) is 0 Å². The van der Waals surface area contributed by atoms with Crippen LogP contribution in [-0.4, -0.2) is 43.7 Å². The molecule has 0 saturated carbocycles. The van der Waals surface area contributed by atoms with Gasteiger partial charge in [0.25, 0.3) is 0 Å². The highest BCUT2D eigenvalue weighted by Crippen LogP contribution is 2.17.